The number of ether oxygens (including phenoxy) is 4. The molecule has 147 heavy (non-hydrogen) atoms. The van der Waals surface area contributed by atoms with Crippen molar-refractivity contribution in [2.45, 2.75) is 266 Å². The highest BCUT2D eigenvalue weighted by molar-refractivity contribution is 5.95. The van der Waals surface area contributed by atoms with Gasteiger partial charge in [0.1, 0.15) is 18.1 Å². The predicted molar refractivity (Wildman–Crippen MR) is 601 cm³/mol. The minimum atomic E-state index is -0.558. The van der Waals surface area contributed by atoms with Crippen molar-refractivity contribution >= 4 is 86.8 Å². The molecule has 0 bridgehead atoms. The van der Waals surface area contributed by atoms with Gasteiger partial charge in [0.15, 0.2) is 17.6 Å². The van der Waals surface area contributed by atoms with Crippen LogP contribution in [0.3, 0.4) is 0 Å². The zero-order valence-corrected chi connectivity index (χ0v) is 90.3. The van der Waals surface area contributed by atoms with E-state index in [1.54, 1.807) is 56.8 Å². The molecule has 0 saturated heterocycles. The Morgan fingerprint density at radius 3 is 1.01 bits per heavy atom. The standard InChI is InChI=1S/C23H29N3O3.C23H29NO.C21H26N2O2.C20H25NO3.C19H24N2O2.C19H23NO/c1-23(2,3)16-8-5-15(6-9-16)7-12-21(27)26-17-10-11-19-18(13-17)25-14-20(29-19)22(28)24-4;1-23(2,3)20-12-8-17(9-13-20)10-15-22(25)24-21-14-11-18-6-4-5-7-19(18)16-21;1-21(2,3)16-7-4-15(5-8-16)6-11-20(24)23-17-9-10-19-18(14-17)22-12-13-25-19;1-20(2,3)15-8-5-14(6-9-15)7-12-19(23)21-16-10-11-17(22)18(13-16)24-4;1-19(2,3)15-8-5-14(6-9-15)7-11-17(22)21-16-10-12-18(23-4)20-13-16;1-19(2,3)16-12-9-15(10-13-16)11-14-18(21)20-17-7-5-4-6-8-17/h5-6,8-11,13,20,25H,7,12,14H2,1-4H3,(H,24,28)(H,26,27);8-9,11-14,16H,4-7,10,15H2,1-3H3,(H,24,25);4-5,7-10,14,22H,6,11-13H2,1-3H3,(H,23,24);5-6,8-11,13,22H,7,12H2,1-4H3,(H,21,23);5-6,8-10,12-13H,7,11H2,1-4H3,(H,21,22);4-10,12-13H,11,14H2,1-3H3,(H,20,21). The highest BCUT2D eigenvalue weighted by atomic mass is 16.5. The third-order valence-corrected chi connectivity index (χ3v) is 25.6. The number of methoxy groups -OCH3 is 2. The summed E-state index contributed by atoms with van der Waals surface area (Å²) in [5, 5.41) is 36.1. The second kappa shape index (κ2) is 54.0. The molecule has 1 unspecified atom stereocenters. The number of aryl methyl sites for hydroxylation is 8. The molecule has 1 atom stereocenters. The number of carbonyl (C=O) groups is 7. The highest BCUT2D eigenvalue weighted by Crippen LogP contribution is 2.37. The molecule has 1 aromatic heterocycles. The van der Waals surface area contributed by atoms with E-state index in [4.69, 9.17) is 18.9 Å². The number of aromatic nitrogens is 1. The van der Waals surface area contributed by atoms with Crippen molar-refractivity contribution in [1.29, 1.82) is 0 Å². The number of rotatable bonds is 27. The first-order valence-corrected chi connectivity index (χ1v) is 51.4. The van der Waals surface area contributed by atoms with E-state index >= 15 is 0 Å². The summed E-state index contributed by atoms with van der Waals surface area (Å²) in [6, 6.07) is 86.3. The molecule has 0 saturated carbocycles. The van der Waals surface area contributed by atoms with E-state index in [1.807, 2.05) is 60.7 Å². The van der Waals surface area contributed by atoms with Crippen LogP contribution in [0.4, 0.5) is 45.5 Å². The van der Waals surface area contributed by atoms with Gasteiger partial charge in [-0.15, -0.1) is 0 Å². The molecule has 0 radical (unpaired) electrons. The number of nitrogens with zero attached hydrogens (tertiary/aromatic N) is 1. The first kappa shape index (κ1) is 114. The van der Waals surface area contributed by atoms with Crippen LogP contribution in [0, 0.1) is 0 Å². The lowest BCUT2D eigenvalue weighted by Crippen LogP contribution is -2.43. The van der Waals surface area contributed by atoms with E-state index in [2.05, 4.69) is 335 Å². The Kier molecular flexibility index (Phi) is 42.1. The van der Waals surface area contributed by atoms with E-state index in [-0.39, 0.29) is 79.6 Å². The Balaban J connectivity index is 0.000000181. The maximum Gasteiger partial charge on any atom is 0.262 e. The summed E-state index contributed by atoms with van der Waals surface area (Å²) in [7, 11) is 4.62. The number of aromatic hydroxyl groups is 1. The SMILES string of the molecule is CC(C)(C)c1ccc(CCC(=O)Nc2ccc3c(c2)CCCC3)cc1.CC(C)(C)c1ccc(CCC(=O)Nc2ccc3c(c2)NCCO3)cc1.CC(C)(C)c1ccc(CCC(=O)Nc2ccccc2)cc1.CNC(=O)C1CNc2cc(NC(=O)CCc3ccc(C(C)(C)C)cc3)ccc2O1.COc1cc(NC(=O)CCc2ccc(C(C)(C)C)cc2)ccc1O.COc1ccc(NC(=O)CCc2ccc(C(C)(C)C)cc2)cn1. The topological polar surface area (TPSA) is 298 Å². The fraction of sp³-hybridized carbons (Fsp3) is 0.376. The summed E-state index contributed by atoms with van der Waals surface area (Å²) < 4.78 is 21.3. The van der Waals surface area contributed by atoms with Gasteiger partial charge in [-0.3, -0.25) is 33.6 Å². The van der Waals surface area contributed by atoms with Crippen LogP contribution in [0.2, 0.25) is 0 Å². The van der Waals surface area contributed by atoms with Crippen LogP contribution in [0.15, 0.2) is 267 Å². The Hall–Kier alpha value is -14.5. The first-order chi connectivity index (χ1) is 69.7. The van der Waals surface area contributed by atoms with Gasteiger partial charge in [0.05, 0.1) is 44.0 Å². The highest BCUT2D eigenvalue weighted by Gasteiger charge is 2.27. The lowest BCUT2D eigenvalue weighted by atomic mass is 9.86. The number of fused-ring (bicyclic) bond motifs is 3. The maximum absolute atomic E-state index is 12.3. The van der Waals surface area contributed by atoms with Crippen LogP contribution < -0.4 is 66.8 Å². The number of phenolic OH excluding ortho intramolecular Hbond substituents is 1. The minimum absolute atomic E-state index is 0.0168. The summed E-state index contributed by atoms with van der Waals surface area (Å²) in [4.78, 5) is 88.6. The van der Waals surface area contributed by atoms with E-state index in [0.29, 0.717) is 99.0 Å². The molecule has 7 amide bonds. The lowest BCUT2D eigenvalue weighted by molar-refractivity contribution is -0.127. The van der Waals surface area contributed by atoms with Gasteiger partial charge < -0.3 is 71.9 Å². The number of hydrogen-bond donors (Lipinski definition) is 10. The zero-order chi connectivity index (χ0) is 107. The normalized spacial score (nSPS) is 12.9. The van der Waals surface area contributed by atoms with Crippen molar-refractivity contribution in [3.63, 3.8) is 0 Å². The van der Waals surface area contributed by atoms with Crippen molar-refractivity contribution in [2.75, 3.05) is 83.5 Å². The first-order valence-electron chi connectivity index (χ1n) is 51.4. The van der Waals surface area contributed by atoms with Gasteiger partial charge in [-0.1, -0.05) is 294 Å². The smallest absolute Gasteiger partial charge is 0.262 e. The summed E-state index contributed by atoms with van der Waals surface area (Å²) in [5.41, 5.74) is 24.9. The summed E-state index contributed by atoms with van der Waals surface area (Å²) >= 11 is 0. The molecule has 10 N–H and O–H groups in total. The molecule has 1 aliphatic carbocycles. The third kappa shape index (κ3) is 38.7. The maximum atomic E-state index is 12.3. The molecule has 12 aromatic rings. The van der Waals surface area contributed by atoms with Gasteiger partial charge in [0, 0.05) is 92.7 Å². The number of nitrogens with one attached hydrogen (secondary N) is 9. The summed E-state index contributed by atoms with van der Waals surface area (Å²) in [6.45, 7) is 41.4. The Labute approximate surface area is 872 Å². The molecule has 0 fully saturated rings. The monoisotopic (exact) mass is 1990 g/mol. The van der Waals surface area contributed by atoms with Crippen LogP contribution in [-0.2, 0) is 117 Å². The summed E-state index contributed by atoms with van der Waals surface area (Å²) in [6.07, 6.45) is 13.0. The number of pyridine rings is 1. The Morgan fingerprint density at radius 1 is 0.347 bits per heavy atom. The van der Waals surface area contributed by atoms with Crippen molar-refractivity contribution in [3.05, 3.63) is 345 Å². The molecule has 22 nitrogen and oxygen atoms in total. The van der Waals surface area contributed by atoms with E-state index in [0.717, 1.165) is 84.0 Å². The molecule has 2 aliphatic heterocycles. The molecule has 0 spiro atoms. The van der Waals surface area contributed by atoms with Crippen LogP contribution in [0.5, 0.6) is 28.9 Å². The Morgan fingerprint density at radius 2 is 0.667 bits per heavy atom. The van der Waals surface area contributed by atoms with E-state index < -0.39 is 6.10 Å². The largest absolute Gasteiger partial charge is 0.504 e. The quantitative estimate of drug-likeness (QED) is 0.0214. The fourth-order valence-corrected chi connectivity index (χ4v) is 16.4. The van der Waals surface area contributed by atoms with Crippen molar-refractivity contribution < 1.29 is 57.6 Å². The van der Waals surface area contributed by atoms with Crippen LogP contribution in [0.1, 0.15) is 254 Å². The van der Waals surface area contributed by atoms with Gasteiger partial charge in [-0.05, 0) is 253 Å². The van der Waals surface area contributed by atoms with E-state index in [1.165, 1.54) is 99.2 Å². The van der Waals surface area contributed by atoms with Gasteiger partial charge >= 0.3 is 0 Å². The van der Waals surface area contributed by atoms with Crippen LogP contribution in [-0.4, -0.2) is 98.5 Å². The molecule has 22 heteroatoms. The number of benzene rings is 11. The number of amides is 7. The second-order valence-electron chi connectivity index (χ2n) is 43.8. The number of likely N-dealkylation sites (N-methyl/N-ethyl adjacent to an activating group) is 1. The number of anilines is 8. The second-order valence-corrected chi connectivity index (χ2v) is 43.8. The van der Waals surface area contributed by atoms with Crippen molar-refractivity contribution in [3.8, 4) is 28.9 Å². The number of para-hydroxylation sites is 1. The molecule has 11 aromatic carbocycles. The van der Waals surface area contributed by atoms with Crippen LogP contribution in [0.25, 0.3) is 0 Å². The fourth-order valence-electron chi connectivity index (χ4n) is 16.4. The molecular formula is C125H156N10O12. The molecule has 3 aliphatic rings. The average molecular weight is 1990 g/mol. The van der Waals surface area contributed by atoms with Crippen molar-refractivity contribution in [1.82, 2.24) is 10.3 Å². The van der Waals surface area contributed by atoms with Gasteiger partial charge in [0.2, 0.25) is 41.3 Å². The van der Waals surface area contributed by atoms with Gasteiger partial charge in [-0.25, -0.2) is 4.98 Å². The molecular weight excluding hydrogens is 1830 g/mol. The number of hydrogen-bond acceptors (Lipinski definition) is 15. The number of carbonyl (C=O) groups excluding carboxylic acids is 7. The number of phenols is 1. The molecule has 778 valence electrons. The average Bonchev–Trinajstić information content (AvgIpc) is 0.817. The zero-order valence-electron chi connectivity index (χ0n) is 90.3. The Bertz CT molecular complexity index is 6130. The molecule has 15 rings (SSSR count). The minimum Gasteiger partial charge on any atom is -0.504 e. The lowest BCUT2D eigenvalue weighted by Gasteiger charge is -2.26. The predicted octanol–water partition coefficient (Wildman–Crippen LogP) is 26.1. The van der Waals surface area contributed by atoms with Crippen LogP contribution >= 0.6 is 0 Å². The van der Waals surface area contributed by atoms with E-state index in [9.17, 15) is 38.7 Å². The van der Waals surface area contributed by atoms with Crippen molar-refractivity contribution in [2.24, 2.45) is 0 Å². The van der Waals surface area contributed by atoms with Gasteiger partial charge in [0.25, 0.3) is 5.91 Å². The van der Waals surface area contributed by atoms with Gasteiger partial charge in [-0.2, -0.15) is 0 Å². The summed E-state index contributed by atoms with van der Waals surface area (Å²) in [5.74, 6) is 2.24. The third-order valence-electron chi connectivity index (χ3n) is 25.6. The molecule has 3 heterocycles.